The zero-order valence-corrected chi connectivity index (χ0v) is 20.1. The Labute approximate surface area is 196 Å². The normalized spacial score (nSPS) is 19.6. The second-order valence-electron chi connectivity index (χ2n) is 9.64. The van der Waals surface area contributed by atoms with Crippen LogP contribution in [0.15, 0.2) is 41.5 Å². The number of hydrogen-bond donors (Lipinski definition) is 1. The average Bonchev–Trinajstić information content (AvgIpc) is 3.22. The Balaban J connectivity index is 1.61. The number of carbonyl (C=O) groups excluding carboxylic acids is 2. The first-order valence-electron chi connectivity index (χ1n) is 11.8. The molecule has 2 amide bonds. The van der Waals surface area contributed by atoms with E-state index in [0.717, 1.165) is 16.8 Å². The Kier molecular flexibility index (Phi) is 6.66. The number of amides is 2. The summed E-state index contributed by atoms with van der Waals surface area (Å²) < 4.78 is 0. The number of hydrazone groups is 1. The molecule has 0 radical (unpaired) electrons. The number of hydrogen-bond acceptors (Lipinski definition) is 4. The quantitative estimate of drug-likeness (QED) is 0.759. The van der Waals surface area contributed by atoms with Crippen LogP contribution in [0.3, 0.4) is 0 Å². The van der Waals surface area contributed by atoms with Crippen molar-refractivity contribution in [1.29, 1.82) is 0 Å². The zero-order valence-electron chi connectivity index (χ0n) is 20.1. The molecule has 0 spiro atoms. The highest BCUT2D eigenvalue weighted by Crippen LogP contribution is 2.36. The largest absolute Gasteiger partial charge is 0.369 e. The fourth-order valence-electron chi connectivity index (χ4n) is 4.95. The predicted molar refractivity (Wildman–Crippen MR) is 131 cm³/mol. The first-order chi connectivity index (χ1) is 15.7. The van der Waals surface area contributed by atoms with Gasteiger partial charge in [0.1, 0.15) is 0 Å². The summed E-state index contributed by atoms with van der Waals surface area (Å²) in [6.07, 6.45) is 2.12. The summed E-state index contributed by atoms with van der Waals surface area (Å²) in [5.74, 6) is -0.322. The van der Waals surface area contributed by atoms with Crippen LogP contribution in [-0.4, -0.2) is 47.1 Å². The molecular formula is C27H34N4O2. The molecule has 6 nitrogen and oxygen atoms in total. The van der Waals surface area contributed by atoms with Gasteiger partial charge in [-0.2, -0.15) is 5.10 Å². The number of nitrogens with two attached hydrogens (primary N) is 1. The third-order valence-corrected chi connectivity index (χ3v) is 7.01. The molecule has 0 saturated carbocycles. The van der Waals surface area contributed by atoms with Crippen LogP contribution in [0.5, 0.6) is 0 Å². The van der Waals surface area contributed by atoms with E-state index in [4.69, 9.17) is 10.8 Å². The maximum absolute atomic E-state index is 13.5. The lowest BCUT2D eigenvalue weighted by atomic mass is 9.92. The van der Waals surface area contributed by atoms with E-state index in [1.807, 2.05) is 0 Å². The Morgan fingerprint density at radius 3 is 2.27 bits per heavy atom. The standard InChI is InChI=1S/C27H34N4O2/c1-17-5-7-19(3)22(13-17)24-15-25(23-14-18(2)6-8-20(23)4)31(29-24)26(32)16-30-11-9-21(10-12-30)27(28)33/h5-8,13-14,21,25H,9-12,15-16H2,1-4H3,(H2,28,33)/t25-/m1/s1. The van der Waals surface area contributed by atoms with Crippen molar-refractivity contribution in [3.8, 4) is 0 Å². The molecule has 0 bridgehead atoms. The molecule has 2 N–H and O–H groups in total. The van der Waals surface area contributed by atoms with E-state index in [-0.39, 0.29) is 23.8 Å². The van der Waals surface area contributed by atoms with Crippen molar-refractivity contribution in [2.45, 2.75) is 53.0 Å². The van der Waals surface area contributed by atoms with Gasteiger partial charge in [-0.25, -0.2) is 5.01 Å². The van der Waals surface area contributed by atoms with Gasteiger partial charge in [0.25, 0.3) is 5.91 Å². The van der Waals surface area contributed by atoms with Gasteiger partial charge in [0.05, 0.1) is 18.3 Å². The van der Waals surface area contributed by atoms with Crippen LogP contribution in [0, 0.1) is 33.6 Å². The fraction of sp³-hybridized carbons (Fsp3) is 0.444. The Morgan fingerprint density at radius 2 is 1.61 bits per heavy atom. The van der Waals surface area contributed by atoms with Crippen LogP contribution in [0.1, 0.15) is 58.7 Å². The molecule has 2 aromatic rings. The second kappa shape index (κ2) is 9.48. The number of likely N-dealkylation sites (tertiary alicyclic amines) is 1. The van der Waals surface area contributed by atoms with Crippen LogP contribution in [0.25, 0.3) is 0 Å². The molecule has 4 rings (SSSR count). The maximum Gasteiger partial charge on any atom is 0.257 e. The number of rotatable bonds is 5. The van der Waals surface area contributed by atoms with Gasteiger partial charge in [-0.3, -0.25) is 14.5 Å². The van der Waals surface area contributed by atoms with E-state index in [9.17, 15) is 9.59 Å². The topological polar surface area (TPSA) is 79.0 Å². The van der Waals surface area contributed by atoms with E-state index in [2.05, 4.69) is 69.0 Å². The maximum atomic E-state index is 13.5. The minimum atomic E-state index is -0.238. The van der Waals surface area contributed by atoms with Gasteiger partial charge in [0.15, 0.2) is 0 Å². The molecule has 1 atom stereocenters. The van der Waals surface area contributed by atoms with Crippen LogP contribution in [0.4, 0.5) is 0 Å². The monoisotopic (exact) mass is 446 g/mol. The van der Waals surface area contributed by atoms with E-state index in [0.29, 0.717) is 38.9 Å². The minimum Gasteiger partial charge on any atom is -0.369 e. The molecule has 1 saturated heterocycles. The first kappa shape index (κ1) is 23.2. The van der Waals surface area contributed by atoms with Crippen molar-refractivity contribution in [2.75, 3.05) is 19.6 Å². The molecule has 1 fully saturated rings. The molecule has 2 aromatic carbocycles. The average molecular weight is 447 g/mol. The number of nitrogens with zero attached hydrogens (tertiary/aromatic N) is 3. The van der Waals surface area contributed by atoms with Gasteiger partial charge in [-0.15, -0.1) is 0 Å². The van der Waals surface area contributed by atoms with Gasteiger partial charge in [-0.05, 0) is 76.4 Å². The van der Waals surface area contributed by atoms with Crippen LogP contribution >= 0.6 is 0 Å². The van der Waals surface area contributed by atoms with Gasteiger partial charge in [0, 0.05) is 17.9 Å². The second-order valence-corrected chi connectivity index (χ2v) is 9.64. The summed E-state index contributed by atoms with van der Waals surface area (Å²) in [6, 6.07) is 12.7. The van der Waals surface area contributed by atoms with Gasteiger partial charge in [-0.1, -0.05) is 41.5 Å². The van der Waals surface area contributed by atoms with Gasteiger partial charge >= 0.3 is 0 Å². The lowest BCUT2D eigenvalue weighted by molar-refractivity contribution is -0.134. The van der Waals surface area contributed by atoms with E-state index >= 15 is 0 Å². The molecule has 0 aliphatic carbocycles. The molecule has 33 heavy (non-hydrogen) atoms. The molecule has 2 aliphatic heterocycles. The zero-order chi connectivity index (χ0) is 23.7. The number of carbonyl (C=O) groups is 2. The summed E-state index contributed by atoms with van der Waals surface area (Å²) in [7, 11) is 0. The highest BCUT2D eigenvalue weighted by Gasteiger charge is 2.35. The summed E-state index contributed by atoms with van der Waals surface area (Å²) in [4.78, 5) is 27.1. The Morgan fingerprint density at radius 1 is 0.970 bits per heavy atom. The number of aryl methyl sites for hydroxylation is 4. The Hall–Kier alpha value is -2.99. The van der Waals surface area contributed by atoms with Gasteiger partial charge < -0.3 is 5.73 Å². The lowest BCUT2D eigenvalue weighted by Gasteiger charge is -2.32. The third kappa shape index (κ3) is 5.01. The van der Waals surface area contributed by atoms with E-state index in [1.165, 1.54) is 22.3 Å². The summed E-state index contributed by atoms with van der Waals surface area (Å²) >= 11 is 0. The van der Waals surface area contributed by atoms with Crippen molar-refractivity contribution in [1.82, 2.24) is 9.91 Å². The summed E-state index contributed by atoms with van der Waals surface area (Å²) in [5.41, 5.74) is 13.4. The molecule has 2 heterocycles. The van der Waals surface area contributed by atoms with Crippen LogP contribution < -0.4 is 5.73 Å². The molecule has 0 unspecified atom stereocenters. The first-order valence-corrected chi connectivity index (χ1v) is 11.8. The molecular weight excluding hydrogens is 412 g/mol. The predicted octanol–water partition coefficient (Wildman–Crippen LogP) is 3.80. The molecule has 2 aliphatic rings. The van der Waals surface area contributed by atoms with Crippen molar-refractivity contribution >= 4 is 17.5 Å². The smallest absolute Gasteiger partial charge is 0.257 e. The van der Waals surface area contributed by atoms with Crippen molar-refractivity contribution < 1.29 is 9.59 Å². The van der Waals surface area contributed by atoms with E-state index < -0.39 is 0 Å². The summed E-state index contributed by atoms with van der Waals surface area (Å²) in [5, 5.41) is 6.60. The highest BCUT2D eigenvalue weighted by atomic mass is 16.2. The van der Waals surface area contributed by atoms with Crippen LogP contribution in [-0.2, 0) is 9.59 Å². The van der Waals surface area contributed by atoms with E-state index in [1.54, 1.807) is 5.01 Å². The number of primary amides is 1. The fourth-order valence-corrected chi connectivity index (χ4v) is 4.95. The SMILES string of the molecule is Cc1ccc(C)c(C2=NN(C(=O)CN3CCC(C(N)=O)CC3)[C@@H](c3cc(C)ccc3C)C2)c1. The Bertz CT molecular complexity index is 1100. The third-order valence-electron chi connectivity index (χ3n) is 7.01. The molecule has 6 heteroatoms. The molecule has 174 valence electrons. The lowest BCUT2D eigenvalue weighted by Crippen LogP contribution is -2.44. The van der Waals surface area contributed by atoms with Crippen molar-refractivity contribution in [3.05, 3.63) is 69.8 Å². The highest BCUT2D eigenvalue weighted by molar-refractivity contribution is 6.04. The van der Waals surface area contributed by atoms with Crippen molar-refractivity contribution in [2.24, 2.45) is 16.8 Å². The number of benzene rings is 2. The van der Waals surface area contributed by atoms with Gasteiger partial charge in [0.2, 0.25) is 5.91 Å². The minimum absolute atomic E-state index is 0.00117. The molecule has 0 aromatic heterocycles. The number of piperidine rings is 1. The van der Waals surface area contributed by atoms with Crippen molar-refractivity contribution in [3.63, 3.8) is 0 Å². The van der Waals surface area contributed by atoms with Crippen LogP contribution in [0.2, 0.25) is 0 Å². The summed E-state index contributed by atoms with van der Waals surface area (Å²) in [6.45, 7) is 10.1.